The molecular formula is C18H14ClNO4S. The maximum Gasteiger partial charge on any atom is 0.290 e. The fraction of sp³-hybridized carbons (Fsp3) is 0.111. The first-order chi connectivity index (χ1) is 12.1. The monoisotopic (exact) mass is 375 g/mol. The van der Waals surface area contributed by atoms with Crippen LogP contribution in [-0.2, 0) is 11.4 Å². The number of hydrogen-bond donors (Lipinski definition) is 1. The molecule has 2 aromatic rings. The number of benzene rings is 2. The molecule has 0 aromatic heterocycles. The van der Waals surface area contributed by atoms with Gasteiger partial charge >= 0.3 is 0 Å². The Bertz CT molecular complexity index is 866. The molecule has 5 nitrogen and oxygen atoms in total. The van der Waals surface area contributed by atoms with Crippen molar-refractivity contribution >= 4 is 40.6 Å². The zero-order chi connectivity index (χ0) is 17.8. The molecular weight excluding hydrogens is 362 g/mol. The van der Waals surface area contributed by atoms with Crippen LogP contribution in [0.2, 0.25) is 5.02 Å². The highest BCUT2D eigenvalue weighted by Crippen LogP contribution is 2.32. The van der Waals surface area contributed by atoms with Crippen LogP contribution in [0.5, 0.6) is 11.5 Å². The van der Waals surface area contributed by atoms with Crippen LogP contribution in [0, 0.1) is 0 Å². The summed E-state index contributed by atoms with van der Waals surface area (Å²) in [5.74, 6) is 0.688. The van der Waals surface area contributed by atoms with E-state index in [1.165, 1.54) is 7.11 Å². The van der Waals surface area contributed by atoms with Crippen molar-refractivity contribution in [2.45, 2.75) is 6.61 Å². The summed E-state index contributed by atoms with van der Waals surface area (Å²) in [4.78, 5) is 23.2. The van der Waals surface area contributed by atoms with Gasteiger partial charge in [0.05, 0.1) is 12.0 Å². The minimum Gasteiger partial charge on any atom is -0.493 e. The normalized spacial score (nSPS) is 15.4. The third-order valence-corrected chi connectivity index (χ3v) is 4.65. The van der Waals surface area contributed by atoms with Crippen molar-refractivity contribution in [1.82, 2.24) is 5.32 Å². The second-order valence-electron chi connectivity index (χ2n) is 5.14. The number of amides is 2. The van der Waals surface area contributed by atoms with Crippen LogP contribution in [0.25, 0.3) is 6.08 Å². The number of thioether (sulfide) groups is 1. The highest BCUT2D eigenvalue weighted by atomic mass is 35.5. The number of methoxy groups -OCH3 is 1. The molecule has 128 valence electrons. The number of ether oxygens (including phenoxy) is 2. The largest absolute Gasteiger partial charge is 0.493 e. The van der Waals surface area contributed by atoms with Crippen LogP contribution in [-0.4, -0.2) is 18.3 Å². The minimum absolute atomic E-state index is 0.309. The molecule has 1 heterocycles. The van der Waals surface area contributed by atoms with Crippen molar-refractivity contribution in [3.8, 4) is 11.5 Å². The molecule has 2 aromatic carbocycles. The lowest BCUT2D eigenvalue weighted by atomic mass is 10.2. The topological polar surface area (TPSA) is 64.6 Å². The molecule has 0 radical (unpaired) electrons. The van der Waals surface area contributed by atoms with Gasteiger partial charge in [-0.3, -0.25) is 14.9 Å². The Morgan fingerprint density at radius 3 is 2.64 bits per heavy atom. The Labute approximate surface area is 154 Å². The van der Waals surface area contributed by atoms with Crippen LogP contribution >= 0.6 is 23.4 Å². The Morgan fingerprint density at radius 1 is 1.16 bits per heavy atom. The fourth-order valence-electron chi connectivity index (χ4n) is 2.24. The standard InChI is InChI=1S/C18H14ClNO4S/c1-23-15-8-11(9-16-17(21)20-18(22)25-16)6-7-14(15)24-10-12-4-2-3-5-13(12)19/h2-9H,10H2,1H3,(H,20,21,22). The lowest BCUT2D eigenvalue weighted by Crippen LogP contribution is -2.17. The molecule has 3 rings (SSSR count). The first-order valence-electron chi connectivity index (χ1n) is 7.36. The van der Waals surface area contributed by atoms with Gasteiger partial charge in [-0.05, 0) is 41.6 Å². The van der Waals surface area contributed by atoms with E-state index in [1.54, 1.807) is 30.3 Å². The number of nitrogens with one attached hydrogen (secondary N) is 1. The SMILES string of the molecule is COc1cc(C=C2SC(=O)NC2=O)ccc1OCc1ccccc1Cl. The van der Waals surface area contributed by atoms with E-state index < -0.39 is 5.91 Å². The molecule has 1 saturated heterocycles. The maximum absolute atomic E-state index is 11.6. The van der Waals surface area contributed by atoms with Crippen LogP contribution in [0.15, 0.2) is 47.4 Å². The average Bonchev–Trinajstić information content (AvgIpc) is 2.92. The molecule has 1 aliphatic heterocycles. The van der Waals surface area contributed by atoms with Crippen molar-refractivity contribution in [3.63, 3.8) is 0 Å². The molecule has 0 bridgehead atoms. The van der Waals surface area contributed by atoms with Gasteiger partial charge in [0.1, 0.15) is 6.61 Å². The van der Waals surface area contributed by atoms with Crippen LogP contribution in [0.1, 0.15) is 11.1 Å². The summed E-state index contributed by atoms with van der Waals surface area (Å²) >= 11 is 6.99. The summed E-state index contributed by atoms with van der Waals surface area (Å²) < 4.78 is 11.1. The Balaban J connectivity index is 1.78. The Morgan fingerprint density at radius 2 is 1.96 bits per heavy atom. The Hall–Kier alpha value is -2.44. The van der Waals surface area contributed by atoms with E-state index in [0.29, 0.717) is 28.0 Å². The zero-order valence-corrected chi connectivity index (χ0v) is 14.8. The maximum atomic E-state index is 11.6. The number of carbonyl (C=O) groups is 2. The summed E-state index contributed by atoms with van der Waals surface area (Å²) in [6.07, 6.45) is 1.63. The molecule has 0 saturated carbocycles. The van der Waals surface area contributed by atoms with Crippen molar-refractivity contribution in [2.24, 2.45) is 0 Å². The molecule has 0 spiro atoms. The van der Waals surface area contributed by atoms with Gasteiger partial charge in [-0.15, -0.1) is 0 Å². The molecule has 2 amide bonds. The number of carbonyl (C=O) groups excluding carboxylic acids is 2. The predicted molar refractivity (Wildman–Crippen MR) is 97.9 cm³/mol. The van der Waals surface area contributed by atoms with E-state index in [-0.39, 0.29) is 5.24 Å². The third kappa shape index (κ3) is 4.15. The third-order valence-electron chi connectivity index (χ3n) is 3.47. The van der Waals surface area contributed by atoms with Gasteiger partial charge in [-0.25, -0.2) is 0 Å². The van der Waals surface area contributed by atoms with Crippen molar-refractivity contribution in [1.29, 1.82) is 0 Å². The molecule has 1 fully saturated rings. The Kier molecular flexibility index (Phi) is 5.31. The molecule has 25 heavy (non-hydrogen) atoms. The summed E-state index contributed by atoms with van der Waals surface area (Å²) in [6, 6.07) is 12.7. The lowest BCUT2D eigenvalue weighted by molar-refractivity contribution is -0.115. The first kappa shape index (κ1) is 17.4. The van der Waals surface area contributed by atoms with Gasteiger partial charge in [-0.2, -0.15) is 0 Å². The van der Waals surface area contributed by atoms with Crippen LogP contribution in [0.3, 0.4) is 0 Å². The van der Waals surface area contributed by atoms with Crippen molar-refractivity contribution < 1.29 is 19.1 Å². The molecule has 0 unspecified atom stereocenters. The van der Waals surface area contributed by atoms with E-state index in [1.807, 2.05) is 18.2 Å². The quantitative estimate of drug-likeness (QED) is 0.791. The van der Waals surface area contributed by atoms with E-state index in [2.05, 4.69) is 5.32 Å². The van der Waals surface area contributed by atoms with Gasteiger partial charge in [-0.1, -0.05) is 35.9 Å². The van der Waals surface area contributed by atoms with Gasteiger partial charge in [0.2, 0.25) is 0 Å². The summed E-state index contributed by atoms with van der Waals surface area (Å²) in [5, 5.41) is 2.48. The summed E-state index contributed by atoms with van der Waals surface area (Å²) in [6.45, 7) is 0.309. The van der Waals surface area contributed by atoms with Crippen molar-refractivity contribution in [3.05, 3.63) is 63.5 Å². The van der Waals surface area contributed by atoms with E-state index >= 15 is 0 Å². The van der Waals surface area contributed by atoms with E-state index in [0.717, 1.165) is 22.9 Å². The minimum atomic E-state index is -0.395. The van der Waals surface area contributed by atoms with E-state index in [4.69, 9.17) is 21.1 Å². The second-order valence-corrected chi connectivity index (χ2v) is 6.56. The molecule has 0 atom stereocenters. The van der Waals surface area contributed by atoms with Gasteiger partial charge in [0.25, 0.3) is 11.1 Å². The predicted octanol–water partition coefficient (Wildman–Crippen LogP) is 4.25. The second kappa shape index (κ2) is 7.63. The first-order valence-corrected chi connectivity index (χ1v) is 8.55. The molecule has 1 N–H and O–H groups in total. The number of hydrogen-bond acceptors (Lipinski definition) is 5. The van der Waals surface area contributed by atoms with Gasteiger partial charge in [0, 0.05) is 10.6 Å². The number of halogens is 1. The van der Waals surface area contributed by atoms with Crippen LogP contribution in [0.4, 0.5) is 4.79 Å². The molecule has 1 aliphatic rings. The summed E-state index contributed by atoms with van der Waals surface area (Å²) in [5.41, 5.74) is 1.60. The zero-order valence-electron chi connectivity index (χ0n) is 13.2. The molecule has 7 heteroatoms. The van der Waals surface area contributed by atoms with Gasteiger partial charge in [0.15, 0.2) is 11.5 Å². The number of imide groups is 1. The lowest BCUT2D eigenvalue weighted by Gasteiger charge is -2.12. The average molecular weight is 376 g/mol. The highest BCUT2D eigenvalue weighted by molar-refractivity contribution is 8.18. The smallest absolute Gasteiger partial charge is 0.290 e. The number of rotatable bonds is 5. The fourth-order valence-corrected chi connectivity index (χ4v) is 3.11. The van der Waals surface area contributed by atoms with E-state index in [9.17, 15) is 9.59 Å². The van der Waals surface area contributed by atoms with Gasteiger partial charge < -0.3 is 9.47 Å². The van der Waals surface area contributed by atoms with Crippen LogP contribution < -0.4 is 14.8 Å². The van der Waals surface area contributed by atoms with Crippen molar-refractivity contribution in [2.75, 3.05) is 7.11 Å². The summed E-state index contributed by atoms with van der Waals surface area (Å²) in [7, 11) is 1.54. The molecule has 0 aliphatic carbocycles. The highest BCUT2D eigenvalue weighted by Gasteiger charge is 2.25.